The number of aryl methyl sites for hydroxylation is 1. The first-order chi connectivity index (χ1) is 13.8. The van der Waals surface area contributed by atoms with E-state index in [0.717, 1.165) is 28.6 Å². The number of aromatic nitrogens is 2. The second-order valence-electron chi connectivity index (χ2n) is 6.70. The zero-order valence-electron chi connectivity index (χ0n) is 15.7. The van der Waals surface area contributed by atoms with Crippen molar-refractivity contribution in [3.05, 3.63) is 73.1 Å². The van der Waals surface area contributed by atoms with Gasteiger partial charge < -0.3 is 14.6 Å². The number of rotatable bonds is 8. The van der Waals surface area contributed by atoms with Crippen LogP contribution in [0.1, 0.15) is 12.8 Å². The second kappa shape index (κ2) is 8.57. The van der Waals surface area contributed by atoms with Crippen molar-refractivity contribution in [1.82, 2.24) is 14.9 Å². The molecule has 4 aromatic rings. The Hall–Kier alpha value is -3.34. The molecule has 0 radical (unpaired) electrons. The molecule has 1 amide bonds. The Morgan fingerprint density at radius 2 is 1.86 bits per heavy atom. The summed E-state index contributed by atoms with van der Waals surface area (Å²) in [5.41, 5.74) is 2.03. The molecule has 0 spiro atoms. The van der Waals surface area contributed by atoms with Crippen LogP contribution in [0.4, 0.5) is 0 Å². The normalized spacial score (nSPS) is 11.0. The molecule has 0 saturated carbocycles. The van der Waals surface area contributed by atoms with Crippen LogP contribution in [0.5, 0.6) is 5.75 Å². The molecule has 0 aliphatic rings. The molecule has 4 rings (SSSR count). The molecular weight excluding hydrogens is 350 g/mol. The summed E-state index contributed by atoms with van der Waals surface area (Å²) < 4.78 is 7.97. The van der Waals surface area contributed by atoms with E-state index >= 15 is 0 Å². The number of amides is 1. The third-order valence-electron chi connectivity index (χ3n) is 4.76. The number of carbonyl (C=O) groups excluding carboxylic acids is 1. The standard InChI is InChI=1S/C23H23N3O2/c27-22(12-16-26-15-11-18-6-1-2-9-20(18)26)24-14-5-17-28-21-10-3-7-19-8-4-13-25-23(19)21/h1-4,6-11,13,15H,5,12,14,16-17H2,(H,24,27). The van der Waals surface area contributed by atoms with Gasteiger partial charge in [-0.1, -0.05) is 36.4 Å². The highest BCUT2D eigenvalue weighted by molar-refractivity contribution is 5.84. The molecule has 0 unspecified atom stereocenters. The van der Waals surface area contributed by atoms with Crippen LogP contribution in [-0.4, -0.2) is 28.6 Å². The van der Waals surface area contributed by atoms with Crippen LogP contribution >= 0.6 is 0 Å². The number of pyridine rings is 1. The summed E-state index contributed by atoms with van der Waals surface area (Å²) in [6.45, 7) is 1.82. The number of ether oxygens (including phenoxy) is 1. The molecule has 0 atom stereocenters. The fourth-order valence-electron chi connectivity index (χ4n) is 3.32. The smallest absolute Gasteiger partial charge is 0.221 e. The fraction of sp³-hybridized carbons (Fsp3) is 0.217. The molecule has 2 aromatic carbocycles. The third kappa shape index (κ3) is 4.14. The van der Waals surface area contributed by atoms with Crippen molar-refractivity contribution in [1.29, 1.82) is 0 Å². The average Bonchev–Trinajstić information content (AvgIpc) is 3.15. The van der Waals surface area contributed by atoms with Gasteiger partial charge in [-0.05, 0) is 36.1 Å². The molecule has 2 heterocycles. The van der Waals surface area contributed by atoms with Crippen LogP contribution in [0.3, 0.4) is 0 Å². The Bertz CT molecular complexity index is 1080. The predicted molar refractivity (Wildman–Crippen MR) is 111 cm³/mol. The molecule has 0 aliphatic heterocycles. The molecule has 0 saturated heterocycles. The highest BCUT2D eigenvalue weighted by Gasteiger charge is 2.05. The number of carbonyl (C=O) groups is 1. The van der Waals surface area contributed by atoms with Gasteiger partial charge in [-0.15, -0.1) is 0 Å². The highest BCUT2D eigenvalue weighted by atomic mass is 16.5. The molecule has 142 valence electrons. The van der Waals surface area contributed by atoms with Gasteiger partial charge >= 0.3 is 0 Å². The molecule has 0 fully saturated rings. The van der Waals surface area contributed by atoms with E-state index in [0.29, 0.717) is 26.1 Å². The molecule has 0 bridgehead atoms. The van der Waals surface area contributed by atoms with Crippen LogP contribution in [-0.2, 0) is 11.3 Å². The maximum absolute atomic E-state index is 12.1. The van der Waals surface area contributed by atoms with Crippen molar-refractivity contribution in [3.8, 4) is 5.75 Å². The molecule has 0 aliphatic carbocycles. The number of fused-ring (bicyclic) bond motifs is 2. The monoisotopic (exact) mass is 373 g/mol. The van der Waals surface area contributed by atoms with E-state index < -0.39 is 0 Å². The maximum Gasteiger partial charge on any atom is 0.221 e. The van der Waals surface area contributed by atoms with Gasteiger partial charge in [-0.3, -0.25) is 9.78 Å². The topological polar surface area (TPSA) is 56.2 Å². The average molecular weight is 373 g/mol. The van der Waals surface area contributed by atoms with Gasteiger partial charge in [-0.2, -0.15) is 0 Å². The number of benzene rings is 2. The molecule has 1 N–H and O–H groups in total. The van der Waals surface area contributed by atoms with Crippen molar-refractivity contribution >= 4 is 27.7 Å². The van der Waals surface area contributed by atoms with Crippen LogP contribution in [0.2, 0.25) is 0 Å². The van der Waals surface area contributed by atoms with E-state index in [1.54, 1.807) is 6.20 Å². The molecule has 5 nitrogen and oxygen atoms in total. The van der Waals surface area contributed by atoms with Gasteiger partial charge in [0.25, 0.3) is 0 Å². The lowest BCUT2D eigenvalue weighted by Gasteiger charge is -2.10. The van der Waals surface area contributed by atoms with Crippen molar-refractivity contribution < 1.29 is 9.53 Å². The second-order valence-corrected chi connectivity index (χ2v) is 6.70. The van der Waals surface area contributed by atoms with Crippen LogP contribution in [0.25, 0.3) is 21.8 Å². The SMILES string of the molecule is O=C(CCn1ccc2ccccc21)NCCCOc1cccc2cccnc12. The van der Waals surface area contributed by atoms with Gasteiger partial charge in [0.15, 0.2) is 0 Å². The Kier molecular flexibility index (Phi) is 5.52. The zero-order chi connectivity index (χ0) is 19.2. The van der Waals surface area contributed by atoms with Gasteiger partial charge in [0, 0.05) is 42.8 Å². The van der Waals surface area contributed by atoms with Gasteiger partial charge in [0.05, 0.1) is 6.61 Å². The lowest BCUT2D eigenvalue weighted by molar-refractivity contribution is -0.121. The van der Waals surface area contributed by atoms with Crippen LogP contribution in [0, 0.1) is 0 Å². The summed E-state index contributed by atoms with van der Waals surface area (Å²) in [6.07, 6.45) is 5.02. The van der Waals surface area contributed by atoms with Crippen molar-refractivity contribution in [2.45, 2.75) is 19.4 Å². The van der Waals surface area contributed by atoms with Gasteiger partial charge in [0.2, 0.25) is 5.91 Å². The first-order valence-electron chi connectivity index (χ1n) is 9.58. The largest absolute Gasteiger partial charge is 0.491 e. The molecule has 2 aromatic heterocycles. The van der Waals surface area contributed by atoms with Crippen molar-refractivity contribution in [2.24, 2.45) is 0 Å². The summed E-state index contributed by atoms with van der Waals surface area (Å²) in [5.74, 6) is 0.841. The number of hydrogen-bond donors (Lipinski definition) is 1. The first kappa shape index (κ1) is 18.0. The third-order valence-corrected chi connectivity index (χ3v) is 4.76. The minimum Gasteiger partial charge on any atom is -0.491 e. The number of hydrogen-bond acceptors (Lipinski definition) is 3. The minimum absolute atomic E-state index is 0.0598. The van der Waals surface area contributed by atoms with E-state index in [1.165, 1.54) is 5.39 Å². The Morgan fingerprint density at radius 3 is 2.82 bits per heavy atom. The molecule has 5 heteroatoms. The van der Waals surface area contributed by atoms with E-state index in [-0.39, 0.29) is 5.91 Å². The maximum atomic E-state index is 12.1. The number of para-hydroxylation sites is 2. The van der Waals surface area contributed by atoms with Crippen LogP contribution < -0.4 is 10.1 Å². The van der Waals surface area contributed by atoms with Gasteiger partial charge in [-0.25, -0.2) is 0 Å². The van der Waals surface area contributed by atoms with E-state index in [9.17, 15) is 4.79 Å². The predicted octanol–water partition coefficient (Wildman–Crippen LogP) is 4.16. The van der Waals surface area contributed by atoms with E-state index in [1.807, 2.05) is 48.7 Å². The highest BCUT2D eigenvalue weighted by Crippen LogP contribution is 2.22. The Balaban J connectivity index is 1.19. The Morgan fingerprint density at radius 1 is 1.00 bits per heavy atom. The minimum atomic E-state index is 0.0598. The molecular formula is C23H23N3O2. The van der Waals surface area contributed by atoms with E-state index in [4.69, 9.17) is 4.74 Å². The number of nitrogens with zero attached hydrogens (tertiary/aromatic N) is 2. The molecule has 28 heavy (non-hydrogen) atoms. The lowest BCUT2D eigenvalue weighted by atomic mass is 10.2. The summed E-state index contributed by atoms with van der Waals surface area (Å²) in [5, 5.41) is 5.23. The van der Waals surface area contributed by atoms with Crippen LogP contribution in [0.15, 0.2) is 73.1 Å². The summed E-state index contributed by atoms with van der Waals surface area (Å²) in [6, 6.07) is 20.1. The lowest BCUT2D eigenvalue weighted by Crippen LogP contribution is -2.26. The van der Waals surface area contributed by atoms with Crippen molar-refractivity contribution in [2.75, 3.05) is 13.2 Å². The van der Waals surface area contributed by atoms with Gasteiger partial charge in [0.1, 0.15) is 11.3 Å². The van der Waals surface area contributed by atoms with E-state index in [2.05, 4.69) is 33.1 Å². The van der Waals surface area contributed by atoms with Crippen molar-refractivity contribution in [3.63, 3.8) is 0 Å². The Labute approximate surface area is 164 Å². The summed E-state index contributed by atoms with van der Waals surface area (Å²) in [7, 11) is 0. The number of nitrogens with one attached hydrogen (secondary N) is 1. The summed E-state index contributed by atoms with van der Waals surface area (Å²) in [4.78, 5) is 16.5. The quantitative estimate of drug-likeness (QED) is 0.472. The summed E-state index contributed by atoms with van der Waals surface area (Å²) >= 11 is 0. The fourth-order valence-corrected chi connectivity index (χ4v) is 3.32. The first-order valence-corrected chi connectivity index (χ1v) is 9.58. The zero-order valence-corrected chi connectivity index (χ0v) is 15.7.